The molecule has 0 aliphatic carbocycles. The molecular weight excluding hydrogens is 256 g/mol. The Hall–Kier alpha value is -1.59. The second kappa shape index (κ2) is 9.34. The summed E-state index contributed by atoms with van der Waals surface area (Å²) in [5, 5.41) is 0. The number of methoxy groups -OCH3 is 1. The molecule has 5 nitrogen and oxygen atoms in total. The molecule has 0 spiro atoms. The number of likely N-dealkylation sites (N-methyl/N-ethyl adjacent to an activating group) is 1. The number of ether oxygens (including phenoxy) is 2. The molecule has 112 valence electrons. The summed E-state index contributed by atoms with van der Waals surface area (Å²) in [6, 6.07) is 7.79. The summed E-state index contributed by atoms with van der Waals surface area (Å²) in [5.41, 5.74) is 6.67. The Kier molecular flexibility index (Phi) is 7.69. The van der Waals surface area contributed by atoms with Crippen molar-refractivity contribution in [2.75, 3.05) is 33.9 Å². The van der Waals surface area contributed by atoms with Crippen LogP contribution >= 0.6 is 0 Å². The van der Waals surface area contributed by atoms with Gasteiger partial charge < -0.3 is 20.1 Å². The largest absolute Gasteiger partial charge is 0.492 e. The predicted octanol–water partition coefficient (Wildman–Crippen LogP) is 1.41. The quantitative estimate of drug-likeness (QED) is 0.693. The van der Waals surface area contributed by atoms with E-state index in [9.17, 15) is 4.79 Å². The monoisotopic (exact) mass is 280 g/mol. The van der Waals surface area contributed by atoms with Crippen molar-refractivity contribution in [3.05, 3.63) is 29.8 Å². The Morgan fingerprint density at radius 3 is 2.75 bits per heavy atom. The molecule has 1 aromatic carbocycles. The molecule has 20 heavy (non-hydrogen) atoms. The molecule has 0 aliphatic heterocycles. The first-order valence-electron chi connectivity index (χ1n) is 6.83. The number of rotatable bonds is 9. The maximum atomic E-state index is 11.0. The minimum Gasteiger partial charge on any atom is -0.492 e. The van der Waals surface area contributed by atoms with Crippen molar-refractivity contribution < 1.29 is 14.3 Å². The van der Waals surface area contributed by atoms with Gasteiger partial charge in [0, 0.05) is 25.1 Å². The molecule has 0 fully saturated rings. The molecule has 0 bridgehead atoms. The molecule has 5 heteroatoms. The fraction of sp³-hybridized carbons (Fsp3) is 0.533. The maximum absolute atomic E-state index is 11.0. The van der Waals surface area contributed by atoms with Crippen LogP contribution in [0.1, 0.15) is 18.4 Å². The van der Waals surface area contributed by atoms with Gasteiger partial charge in [0.2, 0.25) is 0 Å². The summed E-state index contributed by atoms with van der Waals surface area (Å²) in [7, 11) is 3.42. The van der Waals surface area contributed by atoms with Crippen LogP contribution in [0, 0.1) is 0 Å². The van der Waals surface area contributed by atoms with Crippen molar-refractivity contribution in [1.82, 2.24) is 4.90 Å². The molecule has 0 saturated heterocycles. The number of esters is 1. The van der Waals surface area contributed by atoms with Crippen molar-refractivity contribution in [3.63, 3.8) is 0 Å². The van der Waals surface area contributed by atoms with Crippen molar-refractivity contribution in [3.8, 4) is 5.75 Å². The Morgan fingerprint density at radius 2 is 2.05 bits per heavy atom. The summed E-state index contributed by atoms with van der Waals surface area (Å²) in [4.78, 5) is 13.1. The van der Waals surface area contributed by atoms with Crippen molar-refractivity contribution in [1.29, 1.82) is 0 Å². The summed E-state index contributed by atoms with van der Waals surface area (Å²) >= 11 is 0. The number of benzene rings is 1. The van der Waals surface area contributed by atoms with Gasteiger partial charge in [-0.25, -0.2) is 0 Å². The highest BCUT2D eigenvalue weighted by atomic mass is 16.5. The van der Waals surface area contributed by atoms with Gasteiger partial charge >= 0.3 is 5.97 Å². The van der Waals surface area contributed by atoms with E-state index in [-0.39, 0.29) is 5.97 Å². The van der Waals surface area contributed by atoms with Crippen molar-refractivity contribution in [2.24, 2.45) is 5.73 Å². The van der Waals surface area contributed by atoms with Crippen molar-refractivity contribution >= 4 is 5.97 Å². The van der Waals surface area contributed by atoms with E-state index in [0.717, 1.165) is 30.8 Å². The SMILES string of the molecule is COC(=O)CCCN(C)CCOc1ccccc1CN. The van der Waals surface area contributed by atoms with Gasteiger partial charge in [-0.2, -0.15) is 0 Å². The Labute approximate surface area is 120 Å². The summed E-state index contributed by atoms with van der Waals surface area (Å²) < 4.78 is 10.3. The van der Waals surface area contributed by atoms with E-state index >= 15 is 0 Å². The molecule has 0 heterocycles. The topological polar surface area (TPSA) is 64.8 Å². The lowest BCUT2D eigenvalue weighted by Gasteiger charge is -2.17. The standard InChI is InChI=1S/C15H24N2O3/c1-17(9-5-8-15(18)19-2)10-11-20-14-7-4-3-6-13(14)12-16/h3-4,6-7H,5,8-12,16H2,1-2H3. The minimum atomic E-state index is -0.161. The van der Waals surface area contributed by atoms with Crippen LogP contribution in [0.25, 0.3) is 0 Å². The molecule has 1 rings (SSSR count). The number of nitrogens with two attached hydrogens (primary N) is 1. The van der Waals surface area contributed by atoms with Gasteiger partial charge in [-0.05, 0) is 26.1 Å². The van der Waals surface area contributed by atoms with Crippen LogP contribution in [-0.2, 0) is 16.1 Å². The van der Waals surface area contributed by atoms with Crippen LogP contribution in [-0.4, -0.2) is 44.7 Å². The first-order valence-corrected chi connectivity index (χ1v) is 6.83. The third-order valence-corrected chi connectivity index (χ3v) is 3.07. The van der Waals surface area contributed by atoms with E-state index in [0.29, 0.717) is 19.6 Å². The maximum Gasteiger partial charge on any atom is 0.305 e. The summed E-state index contributed by atoms with van der Waals surface area (Å²) in [6.07, 6.45) is 1.25. The Morgan fingerprint density at radius 1 is 1.30 bits per heavy atom. The Balaban J connectivity index is 2.21. The van der Waals surface area contributed by atoms with Crippen LogP contribution in [0.2, 0.25) is 0 Å². The molecule has 0 saturated carbocycles. The molecule has 0 aromatic heterocycles. The lowest BCUT2D eigenvalue weighted by molar-refractivity contribution is -0.140. The van der Waals surface area contributed by atoms with Crippen LogP contribution in [0.5, 0.6) is 5.75 Å². The lowest BCUT2D eigenvalue weighted by atomic mass is 10.2. The zero-order valence-corrected chi connectivity index (χ0v) is 12.3. The smallest absolute Gasteiger partial charge is 0.305 e. The van der Waals surface area contributed by atoms with Crippen LogP contribution in [0.3, 0.4) is 0 Å². The molecule has 0 atom stereocenters. The van der Waals surface area contributed by atoms with E-state index in [4.69, 9.17) is 10.5 Å². The molecule has 0 aliphatic rings. The van der Waals surface area contributed by atoms with E-state index in [1.165, 1.54) is 7.11 Å². The normalized spacial score (nSPS) is 10.6. The third kappa shape index (κ3) is 6.04. The fourth-order valence-electron chi connectivity index (χ4n) is 1.83. The van der Waals surface area contributed by atoms with Crippen LogP contribution in [0.4, 0.5) is 0 Å². The number of hydrogen-bond donors (Lipinski definition) is 1. The van der Waals surface area contributed by atoms with Gasteiger partial charge in [0.1, 0.15) is 12.4 Å². The van der Waals surface area contributed by atoms with Gasteiger partial charge in [0.15, 0.2) is 0 Å². The van der Waals surface area contributed by atoms with Gasteiger partial charge in [0.25, 0.3) is 0 Å². The number of nitrogens with zero attached hydrogens (tertiary/aromatic N) is 1. The van der Waals surface area contributed by atoms with Gasteiger partial charge in [-0.3, -0.25) is 4.79 Å². The number of carbonyl (C=O) groups excluding carboxylic acids is 1. The highest BCUT2D eigenvalue weighted by Crippen LogP contribution is 2.16. The number of carbonyl (C=O) groups is 1. The number of hydrogen-bond acceptors (Lipinski definition) is 5. The van der Waals surface area contributed by atoms with Crippen LogP contribution < -0.4 is 10.5 Å². The summed E-state index contributed by atoms with van der Waals surface area (Å²) in [5.74, 6) is 0.685. The Bertz CT molecular complexity index is 410. The average molecular weight is 280 g/mol. The second-order valence-electron chi connectivity index (χ2n) is 4.64. The van der Waals surface area contributed by atoms with E-state index < -0.39 is 0 Å². The van der Waals surface area contributed by atoms with E-state index in [1.54, 1.807) is 0 Å². The molecule has 0 amide bonds. The lowest BCUT2D eigenvalue weighted by Crippen LogP contribution is -2.26. The first-order chi connectivity index (χ1) is 9.67. The summed E-state index contributed by atoms with van der Waals surface area (Å²) in [6.45, 7) is 2.73. The van der Waals surface area contributed by atoms with Gasteiger partial charge in [0.05, 0.1) is 7.11 Å². The minimum absolute atomic E-state index is 0.161. The highest BCUT2D eigenvalue weighted by Gasteiger charge is 2.04. The van der Waals surface area contributed by atoms with Gasteiger partial charge in [-0.15, -0.1) is 0 Å². The second-order valence-corrected chi connectivity index (χ2v) is 4.64. The molecule has 0 radical (unpaired) electrons. The fourth-order valence-corrected chi connectivity index (χ4v) is 1.83. The van der Waals surface area contributed by atoms with Crippen molar-refractivity contribution in [2.45, 2.75) is 19.4 Å². The molecule has 2 N–H and O–H groups in total. The average Bonchev–Trinajstić information content (AvgIpc) is 2.47. The van der Waals surface area contributed by atoms with E-state index in [1.807, 2.05) is 31.3 Å². The zero-order valence-electron chi connectivity index (χ0n) is 12.3. The predicted molar refractivity (Wildman–Crippen MR) is 78.6 cm³/mol. The van der Waals surface area contributed by atoms with Crippen LogP contribution in [0.15, 0.2) is 24.3 Å². The van der Waals surface area contributed by atoms with Gasteiger partial charge in [-0.1, -0.05) is 18.2 Å². The number of para-hydroxylation sites is 1. The third-order valence-electron chi connectivity index (χ3n) is 3.07. The van der Waals surface area contributed by atoms with E-state index in [2.05, 4.69) is 9.64 Å². The molecule has 0 unspecified atom stereocenters. The first kappa shape index (κ1) is 16.5. The highest BCUT2D eigenvalue weighted by molar-refractivity contribution is 5.69. The zero-order chi connectivity index (χ0) is 14.8. The molecular formula is C15H24N2O3. The molecule has 1 aromatic rings.